The summed E-state index contributed by atoms with van der Waals surface area (Å²) in [6.45, 7) is 1.80. The van der Waals surface area contributed by atoms with Crippen molar-refractivity contribution in [2.45, 2.75) is 19.6 Å². The van der Waals surface area contributed by atoms with Crippen molar-refractivity contribution < 1.29 is 17.6 Å². The van der Waals surface area contributed by atoms with Crippen molar-refractivity contribution in [1.29, 1.82) is 0 Å². The molecule has 0 aliphatic rings. The molecule has 0 amide bonds. The highest BCUT2D eigenvalue weighted by atomic mass is 19.4. The van der Waals surface area contributed by atoms with E-state index >= 15 is 0 Å². The van der Waals surface area contributed by atoms with Gasteiger partial charge < -0.3 is 0 Å². The SMILES string of the molecule is Cc1ccc(Cn2nc(-c3cccc(C(F)(F)F)c3)c(=O)c3ccccc32)c(F)c1. The van der Waals surface area contributed by atoms with Gasteiger partial charge in [0.25, 0.3) is 0 Å². The second kappa shape index (κ2) is 7.40. The molecular formula is C23H16F4N2O. The monoisotopic (exact) mass is 412 g/mol. The molecule has 7 heteroatoms. The molecule has 4 rings (SSSR count). The van der Waals surface area contributed by atoms with Gasteiger partial charge in [0.15, 0.2) is 0 Å². The molecule has 0 aliphatic carbocycles. The fourth-order valence-electron chi connectivity index (χ4n) is 3.33. The van der Waals surface area contributed by atoms with Crippen molar-refractivity contribution in [3.05, 3.63) is 99.5 Å². The zero-order chi connectivity index (χ0) is 21.5. The van der Waals surface area contributed by atoms with E-state index in [0.717, 1.165) is 17.7 Å². The standard InChI is InChI=1S/C23H16F4N2O/c1-14-9-10-16(19(24)11-14)13-29-20-8-3-2-7-18(20)22(30)21(28-29)15-5-4-6-17(12-15)23(25,26)27/h2-12H,13H2,1H3. The number of halogens is 4. The first-order valence-corrected chi connectivity index (χ1v) is 9.16. The lowest BCUT2D eigenvalue weighted by Crippen LogP contribution is -2.18. The van der Waals surface area contributed by atoms with Crippen molar-refractivity contribution in [2.24, 2.45) is 0 Å². The number of rotatable bonds is 3. The van der Waals surface area contributed by atoms with Gasteiger partial charge in [-0.05, 0) is 42.8 Å². The van der Waals surface area contributed by atoms with Gasteiger partial charge in [-0.25, -0.2) is 4.39 Å². The summed E-state index contributed by atoms with van der Waals surface area (Å²) in [7, 11) is 0. The molecular weight excluding hydrogens is 396 g/mol. The molecule has 0 unspecified atom stereocenters. The van der Waals surface area contributed by atoms with Crippen molar-refractivity contribution in [3.8, 4) is 11.3 Å². The van der Waals surface area contributed by atoms with E-state index in [1.165, 1.54) is 22.9 Å². The highest BCUT2D eigenvalue weighted by Gasteiger charge is 2.30. The molecule has 1 aromatic heterocycles. The van der Waals surface area contributed by atoms with E-state index in [9.17, 15) is 22.4 Å². The molecule has 152 valence electrons. The van der Waals surface area contributed by atoms with Crippen molar-refractivity contribution in [2.75, 3.05) is 0 Å². The van der Waals surface area contributed by atoms with Crippen LogP contribution < -0.4 is 5.43 Å². The number of nitrogens with zero attached hydrogens (tertiary/aromatic N) is 2. The second-order valence-electron chi connectivity index (χ2n) is 7.03. The molecule has 1 heterocycles. The van der Waals surface area contributed by atoms with Gasteiger partial charge in [-0.15, -0.1) is 0 Å². The van der Waals surface area contributed by atoms with Crippen LogP contribution in [0.5, 0.6) is 0 Å². The molecule has 0 saturated heterocycles. The first kappa shape index (κ1) is 19.8. The average Bonchev–Trinajstić information content (AvgIpc) is 2.71. The lowest BCUT2D eigenvalue weighted by Gasteiger charge is -2.14. The van der Waals surface area contributed by atoms with Crippen LogP contribution in [-0.2, 0) is 12.7 Å². The minimum absolute atomic E-state index is 0.0267. The molecule has 0 fully saturated rings. The van der Waals surface area contributed by atoms with Crippen LogP contribution in [-0.4, -0.2) is 9.78 Å². The van der Waals surface area contributed by atoms with E-state index in [-0.39, 0.29) is 17.8 Å². The summed E-state index contributed by atoms with van der Waals surface area (Å²) in [6.07, 6.45) is -4.54. The molecule has 0 bridgehead atoms. The van der Waals surface area contributed by atoms with Crippen molar-refractivity contribution in [3.63, 3.8) is 0 Å². The lowest BCUT2D eigenvalue weighted by atomic mass is 10.1. The molecule has 0 aliphatic heterocycles. The summed E-state index contributed by atoms with van der Waals surface area (Å²) in [5.41, 5.74) is 0.177. The number of aromatic nitrogens is 2. The zero-order valence-electron chi connectivity index (χ0n) is 15.9. The number of aryl methyl sites for hydroxylation is 1. The number of hydrogen-bond donors (Lipinski definition) is 0. The molecule has 0 N–H and O–H groups in total. The number of alkyl halides is 3. The maximum atomic E-state index is 14.4. The minimum atomic E-state index is -4.54. The average molecular weight is 412 g/mol. The Morgan fingerprint density at radius 3 is 2.47 bits per heavy atom. The first-order chi connectivity index (χ1) is 14.2. The highest BCUT2D eigenvalue weighted by Crippen LogP contribution is 2.31. The third kappa shape index (κ3) is 3.70. The van der Waals surface area contributed by atoms with Gasteiger partial charge in [0, 0.05) is 16.5 Å². The maximum Gasteiger partial charge on any atom is 0.416 e. The highest BCUT2D eigenvalue weighted by molar-refractivity contribution is 5.82. The molecule has 0 spiro atoms. The number of benzene rings is 3. The summed E-state index contributed by atoms with van der Waals surface area (Å²) in [5.74, 6) is -0.416. The van der Waals surface area contributed by atoms with Gasteiger partial charge in [-0.3, -0.25) is 9.48 Å². The fourth-order valence-corrected chi connectivity index (χ4v) is 3.33. The molecule has 3 aromatic carbocycles. The van der Waals surface area contributed by atoms with E-state index in [0.29, 0.717) is 16.5 Å². The van der Waals surface area contributed by atoms with Gasteiger partial charge >= 0.3 is 6.18 Å². The number of para-hydroxylation sites is 1. The van der Waals surface area contributed by atoms with Crippen LogP contribution in [0.15, 0.2) is 71.5 Å². The summed E-state index contributed by atoms with van der Waals surface area (Å²) in [5, 5.41) is 4.62. The van der Waals surface area contributed by atoms with Crippen molar-refractivity contribution in [1.82, 2.24) is 9.78 Å². The Hall–Kier alpha value is -3.48. The van der Waals surface area contributed by atoms with Crippen LogP contribution in [0.25, 0.3) is 22.2 Å². The van der Waals surface area contributed by atoms with Gasteiger partial charge in [-0.2, -0.15) is 18.3 Å². The Morgan fingerprint density at radius 2 is 1.73 bits per heavy atom. The predicted octanol–water partition coefficient (Wildman–Crippen LogP) is 5.58. The normalized spacial score (nSPS) is 11.8. The first-order valence-electron chi connectivity index (χ1n) is 9.16. The predicted molar refractivity (Wildman–Crippen MR) is 107 cm³/mol. The number of hydrogen-bond acceptors (Lipinski definition) is 2. The fraction of sp³-hybridized carbons (Fsp3) is 0.130. The zero-order valence-corrected chi connectivity index (χ0v) is 15.9. The molecule has 0 radical (unpaired) electrons. The van der Waals surface area contributed by atoms with E-state index in [1.54, 1.807) is 43.3 Å². The summed E-state index contributed by atoms with van der Waals surface area (Å²) in [4.78, 5) is 13.0. The Labute approximate surface area is 169 Å². The quantitative estimate of drug-likeness (QED) is 0.412. The maximum absolute atomic E-state index is 14.4. The van der Waals surface area contributed by atoms with Crippen molar-refractivity contribution >= 4 is 10.9 Å². The van der Waals surface area contributed by atoms with Gasteiger partial charge in [0.1, 0.15) is 11.5 Å². The minimum Gasteiger partial charge on any atom is -0.287 e. The molecule has 0 atom stereocenters. The van der Waals surface area contributed by atoms with E-state index < -0.39 is 23.0 Å². The van der Waals surface area contributed by atoms with Crippen LogP contribution in [0.2, 0.25) is 0 Å². The Bertz CT molecular complexity index is 1310. The Morgan fingerprint density at radius 1 is 0.967 bits per heavy atom. The van der Waals surface area contributed by atoms with Crippen LogP contribution in [0.1, 0.15) is 16.7 Å². The molecule has 0 saturated carbocycles. The van der Waals surface area contributed by atoms with E-state index in [4.69, 9.17) is 0 Å². The second-order valence-corrected chi connectivity index (χ2v) is 7.03. The van der Waals surface area contributed by atoms with Crippen LogP contribution in [0.3, 0.4) is 0 Å². The van der Waals surface area contributed by atoms with E-state index in [1.807, 2.05) is 0 Å². The Balaban J connectivity index is 1.92. The van der Waals surface area contributed by atoms with E-state index in [2.05, 4.69) is 5.10 Å². The topological polar surface area (TPSA) is 34.9 Å². The van der Waals surface area contributed by atoms with Crippen LogP contribution in [0.4, 0.5) is 17.6 Å². The number of fused-ring (bicyclic) bond motifs is 1. The molecule has 3 nitrogen and oxygen atoms in total. The smallest absolute Gasteiger partial charge is 0.287 e. The summed E-state index contributed by atoms with van der Waals surface area (Å²) >= 11 is 0. The summed E-state index contributed by atoms with van der Waals surface area (Å²) < 4.78 is 55.2. The van der Waals surface area contributed by atoms with Crippen LogP contribution in [0, 0.1) is 12.7 Å². The lowest BCUT2D eigenvalue weighted by molar-refractivity contribution is -0.137. The van der Waals surface area contributed by atoms with Gasteiger partial charge in [-0.1, -0.05) is 36.4 Å². The Kier molecular flexibility index (Phi) is 4.89. The summed E-state index contributed by atoms with van der Waals surface area (Å²) in [6, 6.07) is 15.9. The van der Waals surface area contributed by atoms with Gasteiger partial charge in [0.2, 0.25) is 5.43 Å². The van der Waals surface area contributed by atoms with Gasteiger partial charge in [0.05, 0.1) is 17.6 Å². The molecule has 4 aromatic rings. The molecule has 30 heavy (non-hydrogen) atoms. The van der Waals surface area contributed by atoms with Crippen LogP contribution >= 0.6 is 0 Å². The largest absolute Gasteiger partial charge is 0.416 e. The third-order valence-electron chi connectivity index (χ3n) is 4.85. The third-order valence-corrected chi connectivity index (χ3v) is 4.85.